The zero-order valence-corrected chi connectivity index (χ0v) is 11.2. The van der Waals surface area contributed by atoms with Gasteiger partial charge in [0.25, 0.3) is 0 Å². The van der Waals surface area contributed by atoms with Crippen molar-refractivity contribution in [2.45, 2.75) is 20.1 Å². The van der Waals surface area contributed by atoms with E-state index in [1.54, 1.807) is 6.33 Å². The summed E-state index contributed by atoms with van der Waals surface area (Å²) in [5.41, 5.74) is 8.13. The molecule has 20 heavy (non-hydrogen) atoms. The summed E-state index contributed by atoms with van der Waals surface area (Å²) in [7, 11) is 0. The topological polar surface area (TPSA) is 78.8 Å². The van der Waals surface area contributed by atoms with Gasteiger partial charge in [-0.25, -0.2) is 4.98 Å². The van der Waals surface area contributed by atoms with Crippen LogP contribution < -0.4 is 10.5 Å². The van der Waals surface area contributed by atoms with Crippen molar-refractivity contribution >= 4 is 17.1 Å². The van der Waals surface area contributed by atoms with Crippen LogP contribution in [0, 0.1) is 0 Å². The fourth-order valence-corrected chi connectivity index (χ4v) is 1.99. The molecule has 0 bridgehead atoms. The third kappa shape index (κ3) is 2.27. The Morgan fingerprint density at radius 2 is 2.00 bits per heavy atom. The molecule has 0 fully saturated rings. The Labute approximate surface area is 116 Å². The highest BCUT2D eigenvalue weighted by Gasteiger charge is 2.12. The van der Waals surface area contributed by atoms with Crippen LogP contribution in [0.4, 0.5) is 5.95 Å². The average molecular weight is 269 g/mol. The lowest BCUT2D eigenvalue weighted by molar-refractivity contribution is 0.297. The molecule has 3 rings (SSSR count). The van der Waals surface area contributed by atoms with Gasteiger partial charge in [-0.05, 0) is 12.5 Å². The maximum Gasteiger partial charge on any atom is 0.247 e. The lowest BCUT2D eigenvalue weighted by atomic mass is 10.2. The van der Waals surface area contributed by atoms with Crippen molar-refractivity contribution in [3.05, 3.63) is 42.2 Å². The second-order valence-electron chi connectivity index (χ2n) is 4.36. The quantitative estimate of drug-likeness (QED) is 0.783. The number of hydrogen-bond donors (Lipinski definition) is 1. The summed E-state index contributed by atoms with van der Waals surface area (Å²) in [5, 5.41) is 0. The van der Waals surface area contributed by atoms with Gasteiger partial charge in [-0.2, -0.15) is 9.97 Å². The molecular weight excluding hydrogens is 254 g/mol. The van der Waals surface area contributed by atoms with Crippen molar-refractivity contribution in [3.63, 3.8) is 0 Å². The molecule has 102 valence electrons. The van der Waals surface area contributed by atoms with E-state index in [1.165, 1.54) is 0 Å². The predicted octanol–water partition coefficient (Wildman–Crippen LogP) is 2.01. The minimum atomic E-state index is 0.191. The lowest BCUT2D eigenvalue weighted by Gasteiger charge is -2.07. The van der Waals surface area contributed by atoms with Gasteiger partial charge in [0.1, 0.15) is 6.61 Å². The number of anilines is 1. The number of nitrogen functional groups attached to an aromatic ring is 1. The SMILES string of the molecule is CCn1cnc2c(OCc3ccccc3)nc(N)nc21. The van der Waals surface area contributed by atoms with Crippen LogP contribution in [0.3, 0.4) is 0 Å². The number of fused-ring (bicyclic) bond motifs is 1. The molecule has 0 aliphatic carbocycles. The summed E-state index contributed by atoms with van der Waals surface area (Å²) >= 11 is 0. The predicted molar refractivity (Wildman–Crippen MR) is 76.2 cm³/mol. The Hall–Kier alpha value is -2.63. The summed E-state index contributed by atoms with van der Waals surface area (Å²) in [6.45, 7) is 3.21. The van der Waals surface area contributed by atoms with E-state index in [0.29, 0.717) is 23.7 Å². The average Bonchev–Trinajstić information content (AvgIpc) is 2.88. The molecule has 0 radical (unpaired) electrons. The number of ether oxygens (including phenoxy) is 1. The molecule has 6 heteroatoms. The van der Waals surface area contributed by atoms with Crippen LogP contribution in [-0.4, -0.2) is 19.5 Å². The van der Waals surface area contributed by atoms with Gasteiger partial charge in [0.15, 0.2) is 11.2 Å². The first-order valence-electron chi connectivity index (χ1n) is 6.43. The molecule has 6 nitrogen and oxygen atoms in total. The summed E-state index contributed by atoms with van der Waals surface area (Å²) in [6.07, 6.45) is 1.72. The molecule has 0 aliphatic rings. The third-order valence-corrected chi connectivity index (χ3v) is 3.01. The number of nitrogens with zero attached hydrogens (tertiary/aromatic N) is 4. The first kappa shape index (κ1) is 12.4. The molecule has 0 aliphatic heterocycles. The number of nitrogens with two attached hydrogens (primary N) is 1. The van der Waals surface area contributed by atoms with Gasteiger partial charge in [0.05, 0.1) is 6.33 Å². The second-order valence-corrected chi connectivity index (χ2v) is 4.36. The van der Waals surface area contributed by atoms with E-state index in [9.17, 15) is 0 Å². The molecule has 0 amide bonds. The normalized spacial score (nSPS) is 10.8. The minimum absolute atomic E-state index is 0.191. The summed E-state index contributed by atoms with van der Waals surface area (Å²) in [4.78, 5) is 12.6. The lowest BCUT2D eigenvalue weighted by Crippen LogP contribution is -2.03. The molecule has 2 heterocycles. The molecule has 3 aromatic rings. The van der Waals surface area contributed by atoms with Crippen molar-refractivity contribution in [2.24, 2.45) is 0 Å². The van der Waals surface area contributed by atoms with Crippen LogP contribution in [-0.2, 0) is 13.2 Å². The number of benzene rings is 1. The highest BCUT2D eigenvalue weighted by Crippen LogP contribution is 2.22. The molecule has 0 atom stereocenters. The Morgan fingerprint density at radius 3 is 2.75 bits per heavy atom. The minimum Gasteiger partial charge on any atom is -0.471 e. The molecule has 0 spiro atoms. The summed E-state index contributed by atoms with van der Waals surface area (Å²) in [6, 6.07) is 9.88. The van der Waals surface area contributed by atoms with Crippen molar-refractivity contribution in [3.8, 4) is 5.88 Å². The van der Waals surface area contributed by atoms with Crippen LogP contribution in [0.2, 0.25) is 0 Å². The van der Waals surface area contributed by atoms with Crippen LogP contribution in [0.25, 0.3) is 11.2 Å². The molecule has 2 N–H and O–H groups in total. The van der Waals surface area contributed by atoms with Gasteiger partial charge in [0, 0.05) is 6.54 Å². The zero-order chi connectivity index (χ0) is 13.9. The van der Waals surface area contributed by atoms with Crippen molar-refractivity contribution in [1.29, 1.82) is 0 Å². The first-order chi connectivity index (χ1) is 9.78. The van der Waals surface area contributed by atoms with Crippen LogP contribution in [0.15, 0.2) is 36.7 Å². The number of aromatic nitrogens is 4. The molecule has 2 aromatic heterocycles. The third-order valence-electron chi connectivity index (χ3n) is 3.01. The molecule has 0 saturated carbocycles. The van der Waals surface area contributed by atoms with Gasteiger partial charge in [-0.15, -0.1) is 0 Å². The van der Waals surface area contributed by atoms with Crippen LogP contribution in [0.5, 0.6) is 5.88 Å². The van der Waals surface area contributed by atoms with E-state index in [-0.39, 0.29) is 5.95 Å². The van der Waals surface area contributed by atoms with Gasteiger partial charge in [0.2, 0.25) is 11.8 Å². The smallest absolute Gasteiger partial charge is 0.247 e. The first-order valence-corrected chi connectivity index (χ1v) is 6.43. The van der Waals surface area contributed by atoms with E-state index in [2.05, 4.69) is 15.0 Å². The highest BCUT2D eigenvalue weighted by molar-refractivity contribution is 5.77. The monoisotopic (exact) mass is 269 g/mol. The highest BCUT2D eigenvalue weighted by atomic mass is 16.5. The number of imidazole rings is 1. The number of aryl methyl sites for hydroxylation is 1. The van der Waals surface area contributed by atoms with E-state index in [0.717, 1.165) is 12.1 Å². The van der Waals surface area contributed by atoms with Gasteiger partial charge >= 0.3 is 0 Å². The molecular formula is C14H15N5O. The van der Waals surface area contributed by atoms with Crippen molar-refractivity contribution < 1.29 is 4.74 Å². The summed E-state index contributed by atoms with van der Waals surface area (Å²) < 4.78 is 7.64. The maximum atomic E-state index is 5.74. The Morgan fingerprint density at radius 1 is 1.20 bits per heavy atom. The number of hydrogen-bond acceptors (Lipinski definition) is 5. The fraction of sp³-hybridized carbons (Fsp3) is 0.214. The van der Waals surface area contributed by atoms with Gasteiger partial charge in [-0.1, -0.05) is 30.3 Å². The van der Waals surface area contributed by atoms with Crippen LogP contribution >= 0.6 is 0 Å². The van der Waals surface area contributed by atoms with E-state index in [4.69, 9.17) is 10.5 Å². The van der Waals surface area contributed by atoms with E-state index >= 15 is 0 Å². The summed E-state index contributed by atoms with van der Waals surface area (Å²) in [5.74, 6) is 0.610. The van der Waals surface area contributed by atoms with Crippen molar-refractivity contribution in [2.75, 3.05) is 5.73 Å². The van der Waals surface area contributed by atoms with Gasteiger partial charge in [-0.3, -0.25) is 0 Å². The second kappa shape index (κ2) is 5.16. The van der Waals surface area contributed by atoms with Gasteiger partial charge < -0.3 is 15.0 Å². The Kier molecular flexibility index (Phi) is 3.20. The zero-order valence-electron chi connectivity index (χ0n) is 11.2. The maximum absolute atomic E-state index is 5.74. The van der Waals surface area contributed by atoms with E-state index < -0.39 is 0 Å². The Bertz CT molecular complexity index is 723. The standard InChI is InChI=1S/C14H15N5O/c1-2-19-9-16-11-12(19)17-14(15)18-13(11)20-8-10-6-4-3-5-7-10/h3-7,9H,2,8H2,1H3,(H2,15,17,18). The Balaban J connectivity index is 1.93. The van der Waals surface area contributed by atoms with Crippen molar-refractivity contribution in [1.82, 2.24) is 19.5 Å². The number of rotatable bonds is 4. The largest absolute Gasteiger partial charge is 0.471 e. The van der Waals surface area contributed by atoms with Crippen LogP contribution in [0.1, 0.15) is 12.5 Å². The molecule has 1 aromatic carbocycles. The van der Waals surface area contributed by atoms with E-state index in [1.807, 2.05) is 41.8 Å². The fourth-order valence-electron chi connectivity index (χ4n) is 1.99. The molecule has 0 saturated heterocycles. The molecule has 0 unspecified atom stereocenters.